The van der Waals surface area contributed by atoms with Crippen molar-refractivity contribution in [2.24, 2.45) is 0 Å². The van der Waals surface area contributed by atoms with Gasteiger partial charge in [-0.05, 0) is 51.9 Å². The quantitative estimate of drug-likeness (QED) is 0.308. The molecule has 0 aliphatic rings. The van der Waals surface area contributed by atoms with E-state index in [-0.39, 0.29) is 11.2 Å². The van der Waals surface area contributed by atoms with Gasteiger partial charge in [-0.3, -0.25) is 0 Å². The topological polar surface area (TPSA) is 12.9 Å². The SMILES string of the molecule is CC(C)(C)c1ccc(C=Cc2ccc(-c3cnc(-c4ccc(F)cc4)s3)cc2)cc1. The molecule has 30 heavy (non-hydrogen) atoms. The Morgan fingerprint density at radius 1 is 0.733 bits per heavy atom. The van der Waals surface area contributed by atoms with Gasteiger partial charge in [0.2, 0.25) is 0 Å². The molecule has 0 aliphatic heterocycles. The lowest BCUT2D eigenvalue weighted by atomic mass is 9.87. The van der Waals surface area contributed by atoms with Crippen molar-refractivity contribution in [3.8, 4) is 21.0 Å². The number of rotatable bonds is 4. The molecular formula is C27H24FNS. The van der Waals surface area contributed by atoms with Crippen LogP contribution in [0.4, 0.5) is 4.39 Å². The van der Waals surface area contributed by atoms with E-state index in [1.165, 1.54) is 23.3 Å². The Balaban J connectivity index is 1.47. The highest BCUT2D eigenvalue weighted by molar-refractivity contribution is 7.18. The summed E-state index contributed by atoms with van der Waals surface area (Å²) in [5.74, 6) is -0.232. The van der Waals surface area contributed by atoms with Gasteiger partial charge in [0.1, 0.15) is 10.8 Å². The second kappa shape index (κ2) is 8.37. The molecular weight excluding hydrogens is 389 g/mol. The molecule has 4 aromatic rings. The molecule has 0 saturated carbocycles. The average molecular weight is 414 g/mol. The summed E-state index contributed by atoms with van der Waals surface area (Å²) in [6.07, 6.45) is 6.15. The van der Waals surface area contributed by atoms with Crippen molar-refractivity contribution in [2.45, 2.75) is 26.2 Å². The molecule has 1 aromatic heterocycles. The molecule has 0 spiro atoms. The molecule has 3 heteroatoms. The van der Waals surface area contributed by atoms with E-state index in [1.807, 2.05) is 6.20 Å². The number of hydrogen-bond acceptors (Lipinski definition) is 2. The number of aromatic nitrogens is 1. The first-order valence-corrected chi connectivity index (χ1v) is 10.8. The molecule has 0 radical (unpaired) electrons. The number of nitrogens with zero attached hydrogens (tertiary/aromatic N) is 1. The first-order valence-electron chi connectivity index (χ1n) is 9.99. The minimum atomic E-state index is -0.232. The summed E-state index contributed by atoms with van der Waals surface area (Å²) in [4.78, 5) is 5.60. The summed E-state index contributed by atoms with van der Waals surface area (Å²) >= 11 is 1.61. The van der Waals surface area contributed by atoms with Crippen LogP contribution in [0.2, 0.25) is 0 Å². The van der Waals surface area contributed by atoms with Gasteiger partial charge in [0.15, 0.2) is 0 Å². The Hall–Kier alpha value is -3.04. The van der Waals surface area contributed by atoms with Crippen molar-refractivity contribution in [3.05, 3.63) is 102 Å². The van der Waals surface area contributed by atoms with Gasteiger partial charge < -0.3 is 0 Å². The Morgan fingerprint density at radius 3 is 1.83 bits per heavy atom. The molecule has 1 heterocycles. The van der Waals surface area contributed by atoms with E-state index in [1.54, 1.807) is 23.5 Å². The first-order chi connectivity index (χ1) is 14.4. The highest BCUT2D eigenvalue weighted by Gasteiger charge is 2.12. The summed E-state index contributed by atoms with van der Waals surface area (Å²) in [7, 11) is 0. The monoisotopic (exact) mass is 413 g/mol. The van der Waals surface area contributed by atoms with Crippen LogP contribution < -0.4 is 0 Å². The second-order valence-corrected chi connectivity index (χ2v) is 9.39. The summed E-state index contributed by atoms with van der Waals surface area (Å²) < 4.78 is 13.1. The summed E-state index contributed by atoms with van der Waals surface area (Å²) in [6, 6.07) is 23.7. The van der Waals surface area contributed by atoms with Crippen molar-refractivity contribution < 1.29 is 4.39 Å². The van der Waals surface area contributed by atoms with Crippen LogP contribution in [0.5, 0.6) is 0 Å². The molecule has 0 atom stereocenters. The van der Waals surface area contributed by atoms with Crippen LogP contribution in [0, 0.1) is 5.82 Å². The van der Waals surface area contributed by atoms with E-state index in [0.29, 0.717) is 0 Å². The molecule has 3 aromatic carbocycles. The zero-order valence-corrected chi connectivity index (χ0v) is 18.2. The third-order valence-corrected chi connectivity index (χ3v) is 6.13. The molecule has 4 rings (SSSR count). The minimum Gasteiger partial charge on any atom is -0.244 e. The Morgan fingerprint density at radius 2 is 1.27 bits per heavy atom. The Bertz CT molecular complexity index is 1150. The van der Waals surface area contributed by atoms with Crippen LogP contribution in [0.3, 0.4) is 0 Å². The Labute approximate surface area is 181 Å². The third kappa shape index (κ3) is 4.74. The molecule has 0 unspecified atom stereocenters. The fraction of sp³-hybridized carbons (Fsp3) is 0.148. The van der Waals surface area contributed by atoms with Crippen molar-refractivity contribution in [1.82, 2.24) is 4.98 Å². The number of benzene rings is 3. The standard InChI is InChI=1S/C27H24FNS/c1-27(2,3)23-14-8-20(9-15-23)5-4-19-6-10-21(11-7-19)25-18-29-26(30-25)22-12-16-24(28)17-13-22/h4-18H,1-3H3. The van der Waals surface area contributed by atoms with Gasteiger partial charge in [-0.1, -0.05) is 81.5 Å². The smallest absolute Gasteiger partial charge is 0.123 e. The fourth-order valence-corrected chi connectivity index (χ4v) is 4.11. The lowest BCUT2D eigenvalue weighted by Crippen LogP contribution is -2.10. The minimum absolute atomic E-state index is 0.172. The maximum absolute atomic E-state index is 13.1. The van der Waals surface area contributed by atoms with E-state index >= 15 is 0 Å². The molecule has 1 nitrogen and oxygen atoms in total. The second-order valence-electron chi connectivity index (χ2n) is 8.36. The zero-order chi connectivity index (χ0) is 21.1. The van der Waals surface area contributed by atoms with E-state index in [2.05, 4.69) is 86.4 Å². The number of halogens is 1. The molecule has 0 amide bonds. The van der Waals surface area contributed by atoms with Gasteiger partial charge in [-0.15, -0.1) is 11.3 Å². The molecule has 0 bridgehead atoms. The highest BCUT2D eigenvalue weighted by atomic mass is 32.1. The fourth-order valence-electron chi connectivity index (χ4n) is 3.18. The average Bonchev–Trinajstić information content (AvgIpc) is 3.23. The van der Waals surface area contributed by atoms with E-state index in [0.717, 1.165) is 26.6 Å². The van der Waals surface area contributed by atoms with Crippen LogP contribution in [0.25, 0.3) is 33.2 Å². The highest BCUT2D eigenvalue weighted by Crippen LogP contribution is 2.32. The molecule has 0 N–H and O–H groups in total. The van der Waals surface area contributed by atoms with Crippen molar-refractivity contribution in [2.75, 3.05) is 0 Å². The van der Waals surface area contributed by atoms with E-state index in [4.69, 9.17) is 0 Å². The lowest BCUT2D eigenvalue weighted by molar-refractivity contribution is 0.590. The van der Waals surface area contributed by atoms with Crippen LogP contribution in [0.15, 0.2) is 79.0 Å². The molecule has 150 valence electrons. The first kappa shape index (κ1) is 20.2. The van der Waals surface area contributed by atoms with Crippen molar-refractivity contribution >= 4 is 23.5 Å². The van der Waals surface area contributed by atoms with Gasteiger partial charge in [0.25, 0.3) is 0 Å². The molecule has 0 aliphatic carbocycles. The number of hydrogen-bond donors (Lipinski definition) is 0. The lowest BCUT2D eigenvalue weighted by Gasteiger charge is -2.18. The maximum atomic E-state index is 13.1. The van der Waals surface area contributed by atoms with Crippen LogP contribution in [0.1, 0.15) is 37.5 Å². The van der Waals surface area contributed by atoms with Gasteiger partial charge in [-0.25, -0.2) is 9.37 Å². The predicted octanol–water partition coefficient (Wildman–Crippen LogP) is 8.08. The van der Waals surface area contributed by atoms with Crippen molar-refractivity contribution in [3.63, 3.8) is 0 Å². The van der Waals surface area contributed by atoms with E-state index < -0.39 is 0 Å². The summed E-state index contributed by atoms with van der Waals surface area (Å²) in [6.45, 7) is 6.68. The van der Waals surface area contributed by atoms with Gasteiger partial charge in [-0.2, -0.15) is 0 Å². The van der Waals surface area contributed by atoms with Crippen molar-refractivity contribution in [1.29, 1.82) is 0 Å². The third-order valence-electron chi connectivity index (χ3n) is 5.04. The van der Waals surface area contributed by atoms with Crippen LogP contribution in [-0.4, -0.2) is 4.98 Å². The maximum Gasteiger partial charge on any atom is 0.123 e. The van der Waals surface area contributed by atoms with Gasteiger partial charge in [0.05, 0.1) is 4.88 Å². The van der Waals surface area contributed by atoms with E-state index in [9.17, 15) is 4.39 Å². The van der Waals surface area contributed by atoms with Gasteiger partial charge >= 0.3 is 0 Å². The molecule has 0 saturated heterocycles. The van der Waals surface area contributed by atoms with Crippen LogP contribution in [-0.2, 0) is 5.41 Å². The van der Waals surface area contributed by atoms with Crippen LogP contribution >= 0.6 is 11.3 Å². The largest absolute Gasteiger partial charge is 0.244 e. The molecule has 0 fully saturated rings. The number of thiazole rings is 1. The summed E-state index contributed by atoms with van der Waals surface area (Å²) in [5.41, 5.74) is 5.93. The predicted molar refractivity (Wildman–Crippen MR) is 127 cm³/mol. The zero-order valence-electron chi connectivity index (χ0n) is 17.4. The summed E-state index contributed by atoms with van der Waals surface area (Å²) in [5, 5.41) is 0.896. The normalized spacial score (nSPS) is 11.9. The van der Waals surface area contributed by atoms with Gasteiger partial charge in [0, 0.05) is 11.8 Å². The Kier molecular flexibility index (Phi) is 5.65.